The minimum Gasteiger partial charge on any atom is -0.368 e. The van der Waals surface area contributed by atoms with Gasteiger partial charge in [-0.05, 0) is 61.9 Å². The molecule has 0 aliphatic heterocycles. The van der Waals surface area contributed by atoms with E-state index < -0.39 is 0 Å². The first-order chi connectivity index (χ1) is 12.9. The number of hydrogen-bond acceptors (Lipinski definition) is 4. The van der Waals surface area contributed by atoms with Crippen LogP contribution in [0.5, 0.6) is 0 Å². The second-order valence-electron chi connectivity index (χ2n) is 7.45. The van der Waals surface area contributed by atoms with Gasteiger partial charge >= 0.3 is 0 Å². The van der Waals surface area contributed by atoms with Crippen LogP contribution in [0.15, 0.2) is 48.5 Å². The van der Waals surface area contributed by atoms with E-state index in [-0.39, 0.29) is 11.5 Å². The molecule has 138 valence electrons. The van der Waals surface area contributed by atoms with Gasteiger partial charge in [0.05, 0.1) is 5.69 Å². The Hall–Kier alpha value is -2.59. The maximum Gasteiger partial charge on any atom is 0.222 e. The summed E-state index contributed by atoms with van der Waals surface area (Å²) in [5, 5.41) is 4.38. The SMILES string of the molecule is Cc1cccc(-c2cc(NC3(Cc4ccc(Cl)cc4)CC3)nc(N)n2)c1C. The summed E-state index contributed by atoms with van der Waals surface area (Å²) in [7, 11) is 0. The summed E-state index contributed by atoms with van der Waals surface area (Å²) in [6.07, 6.45) is 3.16. The monoisotopic (exact) mass is 378 g/mol. The number of aromatic nitrogens is 2. The third-order valence-electron chi connectivity index (χ3n) is 5.33. The molecular formula is C22H23ClN4. The van der Waals surface area contributed by atoms with Gasteiger partial charge in [0.1, 0.15) is 5.82 Å². The molecule has 4 rings (SSSR count). The molecule has 0 amide bonds. The van der Waals surface area contributed by atoms with Crippen LogP contribution in [0.3, 0.4) is 0 Å². The highest BCUT2D eigenvalue weighted by atomic mass is 35.5. The highest BCUT2D eigenvalue weighted by Crippen LogP contribution is 2.42. The fourth-order valence-corrected chi connectivity index (χ4v) is 3.58. The molecule has 1 aromatic heterocycles. The van der Waals surface area contributed by atoms with Crippen molar-refractivity contribution in [2.75, 3.05) is 11.1 Å². The number of nitrogens with zero attached hydrogens (tertiary/aromatic N) is 2. The standard InChI is InChI=1S/C22H23ClN4/c1-14-4-3-5-18(15(14)2)19-12-20(26-21(24)25-19)27-22(10-11-22)13-16-6-8-17(23)9-7-16/h3-9,12H,10-11,13H2,1-2H3,(H3,24,25,26,27). The van der Waals surface area contributed by atoms with Crippen molar-refractivity contribution in [3.8, 4) is 11.3 Å². The van der Waals surface area contributed by atoms with Crippen LogP contribution in [-0.2, 0) is 6.42 Å². The molecule has 0 atom stereocenters. The Labute approximate surface area is 164 Å². The number of nitrogens with one attached hydrogen (secondary N) is 1. The van der Waals surface area contributed by atoms with Crippen molar-refractivity contribution in [3.05, 3.63) is 70.2 Å². The molecule has 4 nitrogen and oxygen atoms in total. The van der Waals surface area contributed by atoms with Crippen molar-refractivity contribution in [1.82, 2.24) is 9.97 Å². The fourth-order valence-electron chi connectivity index (χ4n) is 3.46. The molecule has 3 N–H and O–H groups in total. The molecule has 0 spiro atoms. The van der Waals surface area contributed by atoms with Crippen molar-refractivity contribution < 1.29 is 0 Å². The van der Waals surface area contributed by atoms with Crippen LogP contribution in [0, 0.1) is 13.8 Å². The minimum absolute atomic E-state index is 0.0353. The zero-order chi connectivity index (χ0) is 19.0. The molecule has 0 radical (unpaired) electrons. The summed E-state index contributed by atoms with van der Waals surface area (Å²) in [5.74, 6) is 1.07. The van der Waals surface area contributed by atoms with Crippen LogP contribution in [0.25, 0.3) is 11.3 Å². The number of halogens is 1. The summed E-state index contributed by atoms with van der Waals surface area (Å²) in [6, 6.07) is 16.3. The maximum atomic E-state index is 6.02. The van der Waals surface area contributed by atoms with Crippen molar-refractivity contribution in [2.24, 2.45) is 0 Å². The molecule has 1 aliphatic carbocycles. The number of benzene rings is 2. The number of anilines is 2. The lowest BCUT2D eigenvalue weighted by atomic mass is 10.0. The third kappa shape index (κ3) is 3.91. The van der Waals surface area contributed by atoms with Gasteiger partial charge < -0.3 is 11.1 Å². The first-order valence-electron chi connectivity index (χ1n) is 9.18. The van der Waals surface area contributed by atoms with E-state index in [4.69, 9.17) is 17.3 Å². The van der Waals surface area contributed by atoms with Gasteiger partial charge in [0.25, 0.3) is 0 Å². The number of nitrogen functional groups attached to an aromatic ring is 1. The Morgan fingerprint density at radius 1 is 1.07 bits per heavy atom. The Balaban J connectivity index is 1.60. The molecule has 1 saturated carbocycles. The lowest BCUT2D eigenvalue weighted by Gasteiger charge is -2.19. The van der Waals surface area contributed by atoms with Gasteiger partial charge in [-0.3, -0.25) is 0 Å². The van der Waals surface area contributed by atoms with Crippen molar-refractivity contribution in [1.29, 1.82) is 0 Å². The summed E-state index contributed by atoms with van der Waals surface area (Å²) in [6.45, 7) is 4.22. The van der Waals surface area contributed by atoms with Crippen LogP contribution in [0.2, 0.25) is 5.02 Å². The Morgan fingerprint density at radius 2 is 1.81 bits per heavy atom. The van der Waals surface area contributed by atoms with Gasteiger partial charge in [-0.15, -0.1) is 0 Å². The highest BCUT2D eigenvalue weighted by molar-refractivity contribution is 6.30. The lowest BCUT2D eigenvalue weighted by Crippen LogP contribution is -2.25. The van der Waals surface area contributed by atoms with E-state index in [1.807, 2.05) is 24.3 Å². The zero-order valence-corrected chi connectivity index (χ0v) is 16.3. The van der Waals surface area contributed by atoms with Gasteiger partial charge in [0, 0.05) is 22.2 Å². The maximum absolute atomic E-state index is 6.02. The summed E-state index contributed by atoms with van der Waals surface area (Å²) >= 11 is 6.00. The van der Waals surface area contributed by atoms with E-state index in [1.165, 1.54) is 16.7 Å². The van der Waals surface area contributed by atoms with Crippen molar-refractivity contribution >= 4 is 23.4 Å². The van der Waals surface area contributed by atoms with Crippen molar-refractivity contribution in [3.63, 3.8) is 0 Å². The Morgan fingerprint density at radius 3 is 2.52 bits per heavy atom. The highest BCUT2D eigenvalue weighted by Gasteiger charge is 2.43. The number of hydrogen-bond donors (Lipinski definition) is 2. The lowest BCUT2D eigenvalue weighted by molar-refractivity contribution is 0.721. The van der Waals surface area contributed by atoms with Crippen LogP contribution in [0.4, 0.5) is 11.8 Å². The fraction of sp³-hybridized carbons (Fsp3) is 0.273. The molecule has 1 aliphatic rings. The Bertz CT molecular complexity index is 978. The smallest absolute Gasteiger partial charge is 0.222 e. The first-order valence-corrected chi connectivity index (χ1v) is 9.56. The van der Waals surface area contributed by atoms with Crippen LogP contribution >= 0.6 is 11.6 Å². The number of rotatable bonds is 5. The van der Waals surface area contributed by atoms with E-state index in [0.29, 0.717) is 0 Å². The number of aryl methyl sites for hydroxylation is 1. The molecule has 1 fully saturated rings. The van der Waals surface area contributed by atoms with Gasteiger partial charge in [-0.1, -0.05) is 41.9 Å². The molecule has 2 aromatic carbocycles. The Kier molecular flexibility index (Phi) is 4.52. The van der Waals surface area contributed by atoms with Crippen LogP contribution in [0.1, 0.15) is 29.5 Å². The van der Waals surface area contributed by atoms with E-state index in [1.54, 1.807) is 0 Å². The normalized spacial score (nSPS) is 14.8. The molecule has 1 heterocycles. The summed E-state index contributed by atoms with van der Waals surface area (Å²) < 4.78 is 0. The van der Waals surface area contributed by atoms with Gasteiger partial charge in [-0.2, -0.15) is 4.98 Å². The van der Waals surface area contributed by atoms with E-state index >= 15 is 0 Å². The van der Waals surface area contributed by atoms with Crippen LogP contribution in [-0.4, -0.2) is 15.5 Å². The third-order valence-corrected chi connectivity index (χ3v) is 5.58. The molecule has 0 saturated heterocycles. The quantitative estimate of drug-likeness (QED) is 0.641. The largest absolute Gasteiger partial charge is 0.368 e. The molecule has 5 heteroatoms. The summed E-state index contributed by atoms with van der Waals surface area (Å²) in [5.41, 5.74) is 11.7. The van der Waals surface area contributed by atoms with Gasteiger partial charge in [-0.25, -0.2) is 4.98 Å². The van der Waals surface area contributed by atoms with Gasteiger partial charge in [0.2, 0.25) is 5.95 Å². The average molecular weight is 379 g/mol. The number of nitrogens with two attached hydrogens (primary N) is 1. The molecule has 3 aromatic rings. The second kappa shape index (κ2) is 6.86. The molecular weight excluding hydrogens is 356 g/mol. The zero-order valence-electron chi connectivity index (χ0n) is 15.6. The van der Waals surface area contributed by atoms with Crippen LogP contribution < -0.4 is 11.1 Å². The second-order valence-corrected chi connectivity index (χ2v) is 7.89. The molecule has 0 unspecified atom stereocenters. The molecule has 27 heavy (non-hydrogen) atoms. The molecule has 0 bridgehead atoms. The predicted octanol–water partition coefficient (Wildman–Crippen LogP) is 5.18. The topological polar surface area (TPSA) is 63.8 Å². The van der Waals surface area contributed by atoms with E-state index in [9.17, 15) is 0 Å². The summed E-state index contributed by atoms with van der Waals surface area (Å²) in [4.78, 5) is 8.89. The van der Waals surface area contributed by atoms with E-state index in [2.05, 4.69) is 53.4 Å². The predicted molar refractivity (Wildman–Crippen MR) is 112 cm³/mol. The van der Waals surface area contributed by atoms with Crippen molar-refractivity contribution in [2.45, 2.75) is 38.6 Å². The minimum atomic E-state index is 0.0353. The van der Waals surface area contributed by atoms with E-state index in [0.717, 1.165) is 41.4 Å². The van der Waals surface area contributed by atoms with Gasteiger partial charge in [0.15, 0.2) is 0 Å². The average Bonchev–Trinajstić information content (AvgIpc) is 3.38. The first kappa shape index (κ1) is 17.8.